The first kappa shape index (κ1) is 9.68. The summed E-state index contributed by atoms with van der Waals surface area (Å²) in [6, 6.07) is 7.72. The van der Waals surface area contributed by atoms with Gasteiger partial charge in [0.25, 0.3) is 5.19 Å². The minimum atomic E-state index is 0.675. The molecular formula is C10H8BrNOS. The molecule has 0 radical (unpaired) electrons. The molecule has 0 aliphatic heterocycles. The van der Waals surface area contributed by atoms with E-state index in [-0.39, 0.29) is 0 Å². The Labute approximate surface area is 94.7 Å². The second-order valence-corrected chi connectivity index (χ2v) is 4.46. The predicted molar refractivity (Wildman–Crippen MR) is 61.1 cm³/mol. The number of aromatic nitrogens is 1. The van der Waals surface area contributed by atoms with Crippen LogP contribution < -0.4 is 4.74 Å². The van der Waals surface area contributed by atoms with Gasteiger partial charge in [0.05, 0.1) is 10.2 Å². The van der Waals surface area contributed by atoms with E-state index in [0.29, 0.717) is 5.19 Å². The number of hydrogen-bond acceptors (Lipinski definition) is 3. The van der Waals surface area contributed by atoms with Crippen LogP contribution in [0.1, 0.15) is 5.69 Å². The number of aryl methyl sites for hydroxylation is 1. The lowest BCUT2D eigenvalue weighted by atomic mass is 10.3. The Morgan fingerprint density at radius 1 is 1.36 bits per heavy atom. The van der Waals surface area contributed by atoms with Crippen LogP contribution in [0.15, 0.2) is 34.1 Å². The molecular weight excluding hydrogens is 262 g/mol. The average Bonchev–Trinajstić information content (AvgIpc) is 2.56. The van der Waals surface area contributed by atoms with Crippen LogP contribution >= 0.6 is 27.3 Å². The molecule has 2 rings (SSSR count). The number of nitrogens with zero attached hydrogens (tertiary/aromatic N) is 1. The molecule has 0 N–H and O–H groups in total. The van der Waals surface area contributed by atoms with Crippen LogP contribution in [-0.4, -0.2) is 4.98 Å². The molecule has 0 atom stereocenters. The highest BCUT2D eigenvalue weighted by Crippen LogP contribution is 2.30. The summed E-state index contributed by atoms with van der Waals surface area (Å²) in [6.45, 7) is 1.95. The SMILES string of the molecule is Cc1csc(Oc2ccccc2Br)n1. The number of hydrogen-bond donors (Lipinski definition) is 0. The minimum absolute atomic E-state index is 0.675. The molecule has 1 heterocycles. The van der Waals surface area contributed by atoms with E-state index in [2.05, 4.69) is 20.9 Å². The van der Waals surface area contributed by atoms with E-state index in [0.717, 1.165) is 15.9 Å². The second-order valence-electron chi connectivity index (χ2n) is 2.79. The summed E-state index contributed by atoms with van der Waals surface area (Å²) >= 11 is 4.91. The van der Waals surface area contributed by atoms with Gasteiger partial charge in [-0.15, -0.1) is 0 Å². The molecule has 0 amide bonds. The summed E-state index contributed by atoms with van der Waals surface area (Å²) in [4.78, 5) is 4.22. The lowest BCUT2D eigenvalue weighted by molar-refractivity contribution is 0.475. The normalized spacial score (nSPS) is 10.1. The highest BCUT2D eigenvalue weighted by Gasteiger charge is 2.03. The highest BCUT2D eigenvalue weighted by molar-refractivity contribution is 9.10. The number of thiazole rings is 1. The van der Waals surface area contributed by atoms with Crippen molar-refractivity contribution in [1.29, 1.82) is 0 Å². The van der Waals surface area contributed by atoms with E-state index in [1.54, 1.807) is 0 Å². The fourth-order valence-electron chi connectivity index (χ4n) is 1.00. The molecule has 0 spiro atoms. The third-order valence-electron chi connectivity index (χ3n) is 1.63. The van der Waals surface area contributed by atoms with Crippen molar-refractivity contribution in [2.45, 2.75) is 6.92 Å². The maximum atomic E-state index is 5.59. The molecule has 0 aliphatic rings. The standard InChI is InChI=1S/C10H8BrNOS/c1-7-6-14-10(12-7)13-9-5-3-2-4-8(9)11/h2-6H,1H3. The van der Waals surface area contributed by atoms with Crippen molar-refractivity contribution in [3.05, 3.63) is 39.8 Å². The van der Waals surface area contributed by atoms with Crippen molar-refractivity contribution in [1.82, 2.24) is 4.98 Å². The number of para-hydroxylation sites is 1. The first-order valence-corrected chi connectivity index (χ1v) is 5.77. The van der Waals surface area contributed by atoms with E-state index in [4.69, 9.17) is 4.74 Å². The molecule has 0 saturated heterocycles. The topological polar surface area (TPSA) is 22.1 Å². The Morgan fingerprint density at radius 3 is 2.79 bits per heavy atom. The Balaban J connectivity index is 2.23. The summed E-state index contributed by atoms with van der Waals surface area (Å²) in [5, 5.41) is 2.64. The van der Waals surface area contributed by atoms with Gasteiger partial charge >= 0.3 is 0 Å². The van der Waals surface area contributed by atoms with Crippen molar-refractivity contribution >= 4 is 27.3 Å². The van der Waals surface area contributed by atoms with Crippen LogP contribution in [0.2, 0.25) is 0 Å². The molecule has 1 aromatic carbocycles. The van der Waals surface area contributed by atoms with Crippen molar-refractivity contribution < 1.29 is 4.74 Å². The summed E-state index contributed by atoms with van der Waals surface area (Å²) in [7, 11) is 0. The third kappa shape index (κ3) is 2.13. The second kappa shape index (κ2) is 4.11. The zero-order valence-electron chi connectivity index (χ0n) is 7.53. The van der Waals surface area contributed by atoms with Crippen LogP contribution in [0, 0.1) is 6.92 Å². The van der Waals surface area contributed by atoms with Gasteiger partial charge in [0, 0.05) is 5.38 Å². The molecule has 0 aliphatic carbocycles. The van der Waals surface area contributed by atoms with Crippen molar-refractivity contribution in [2.75, 3.05) is 0 Å². The first-order chi connectivity index (χ1) is 6.75. The predicted octanol–water partition coefficient (Wildman–Crippen LogP) is 4.01. The summed E-state index contributed by atoms with van der Waals surface area (Å²) < 4.78 is 6.53. The van der Waals surface area contributed by atoms with Gasteiger partial charge in [-0.1, -0.05) is 23.5 Å². The van der Waals surface area contributed by atoms with Gasteiger partial charge in [-0.05, 0) is 35.0 Å². The molecule has 14 heavy (non-hydrogen) atoms. The average molecular weight is 270 g/mol. The molecule has 2 nitrogen and oxygen atoms in total. The Kier molecular flexibility index (Phi) is 2.84. The summed E-state index contributed by atoms with van der Waals surface area (Å²) in [5.74, 6) is 0.793. The van der Waals surface area contributed by atoms with Gasteiger partial charge in [0.15, 0.2) is 0 Å². The smallest absolute Gasteiger partial charge is 0.278 e. The van der Waals surface area contributed by atoms with Crippen molar-refractivity contribution in [2.24, 2.45) is 0 Å². The van der Waals surface area contributed by atoms with Gasteiger partial charge in [0.2, 0.25) is 0 Å². The lowest BCUT2D eigenvalue weighted by Crippen LogP contribution is -1.83. The van der Waals surface area contributed by atoms with Crippen LogP contribution in [0.25, 0.3) is 0 Å². The van der Waals surface area contributed by atoms with Crippen molar-refractivity contribution in [3.8, 4) is 10.9 Å². The van der Waals surface area contributed by atoms with E-state index < -0.39 is 0 Å². The number of halogens is 1. The molecule has 1 aromatic heterocycles. The molecule has 0 saturated carbocycles. The fourth-order valence-corrected chi connectivity index (χ4v) is 2.03. The Hall–Kier alpha value is -0.870. The van der Waals surface area contributed by atoms with Crippen LogP contribution in [-0.2, 0) is 0 Å². The maximum Gasteiger partial charge on any atom is 0.278 e. The van der Waals surface area contributed by atoms with Gasteiger partial charge in [-0.25, -0.2) is 4.98 Å². The maximum absolute atomic E-state index is 5.59. The molecule has 72 valence electrons. The van der Waals surface area contributed by atoms with Crippen LogP contribution in [0.4, 0.5) is 0 Å². The molecule has 0 unspecified atom stereocenters. The Bertz CT molecular complexity index is 441. The number of benzene rings is 1. The third-order valence-corrected chi connectivity index (χ3v) is 3.12. The molecule has 0 bridgehead atoms. The van der Waals surface area contributed by atoms with E-state index in [1.807, 2.05) is 36.6 Å². The zero-order valence-corrected chi connectivity index (χ0v) is 9.93. The number of rotatable bonds is 2. The summed E-state index contributed by atoms with van der Waals surface area (Å²) in [6.07, 6.45) is 0. The minimum Gasteiger partial charge on any atom is -0.430 e. The van der Waals surface area contributed by atoms with Crippen LogP contribution in [0.5, 0.6) is 10.9 Å². The van der Waals surface area contributed by atoms with E-state index >= 15 is 0 Å². The van der Waals surface area contributed by atoms with Gasteiger partial charge in [-0.3, -0.25) is 0 Å². The molecule has 4 heteroatoms. The fraction of sp³-hybridized carbons (Fsp3) is 0.100. The zero-order chi connectivity index (χ0) is 9.97. The first-order valence-electron chi connectivity index (χ1n) is 4.10. The quantitative estimate of drug-likeness (QED) is 0.822. The van der Waals surface area contributed by atoms with Gasteiger partial charge in [-0.2, -0.15) is 0 Å². The monoisotopic (exact) mass is 269 g/mol. The van der Waals surface area contributed by atoms with Crippen molar-refractivity contribution in [3.63, 3.8) is 0 Å². The highest BCUT2D eigenvalue weighted by atomic mass is 79.9. The van der Waals surface area contributed by atoms with E-state index in [1.165, 1.54) is 11.3 Å². The number of ether oxygens (including phenoxy) is 1. The summed E-state index contributed by atoms with van der Waals surface area (Å²) in [5.41, 5.74) is 0.983. The van der Waals surface area contributed by atoms with Gasteiger partial charge in [0.1, 0.15) is 5.75 Å². The lowest BCUT2D eigenvalue weighted by Gasteiger charge is -2.02. The largest absolute Gasteiger partial charge is 0.430 e. The van der Waals surface area contributed by atoms with Crippen LogP contribution in [0.3, 0.4) is 0 Å². The Morgan fingerprint density at radius 2 is 2.14 bits per heavy atom. The van der Waals surface area contributed by atoms with E-state index in [9.17, 15) is 0 Å². The molecule has 0 fully saturated rings. The molecule has 2 aromatic rings. The van der Waals surface area contributed by atoms with Gasteiger partial charge < -0.3 is 4.74 Å².